The third-order valence-electron chi connectivity index (χ3n) is 10.5. The van der Waals surface area contributed by atoms with E-state index in [1.165, 1.54) is 38.8 Å². The van der Waals surface area contributed by atoms with Gasteiger partial charge in [0.15, 0.2) is 5.82 Å². The van der Waals surface area contributed by atoms with Gasteiger partial charge in [-0.25, -0.2) is 9.97 Å². The van der Waals surface area contributed by atoms with Crippen molar-refractivity contribution in [3.8, 4) is 56.2 Å². The number of rotatable bonds is 4. The van der Waals surface area contributed by atoms with Crippen LogP contribution in [0.15, 0.2) is 162 Å². The lowest BCUT2D eigenvalue weighted by Crippen LogP contribution is -2.14. The van der Waals surface area contributed by atoms with Crippen LogP contribution in [0, 0.1) is 0 Å². The molecule has 9 aromatic rings. The third kappa shape index (κ3) is 4.37. The average Bonchev–Trinajstić information content (AvgIpc) is 3.65. The SMILES string of the molecule is CC1(C)c2ccccc2-c2cc(-c3ccc(-c4cc(-c5ccc6c(c5)oc5ccccc56)nc(-c5ccccc5)n4)c4ccccc34)ccc21. The predicted molar refractivity (Wildman–Crippen MR) is 206 cm³/mol. The first-order valence-electron chi connectivity index (χ1n) is 17.2. The third-order valence-corrected chi connectivity index (χ3v) is 10.5. The molecule has 0 saturated carbocycles. The number of furan rings is 1. The van der Waals surface area contributed by atoms with Crippen molar-refractivity contribution < 1.29 is 4.42 Å². The van der Waals surface area contributed by atoms with Crippen LogP contribution in [-0.2, 0) is 5.41 Å². The van der Waals surface area contributed by atoms with Gasteiger partial charge in [0.1, 0.15) is 11.2 Å². The highest BCUT2D eigenvalue weighted by Gasteiger charge is 2.35. The Morgan fingerprint density at radius 3 is 1.90 bits per heavy atom. The van der Waals surface area contributed by atoms with Gasteiger partial charge in [-0.05, 0) is 74.5 Å². The van der Waals surface area contributed by atoms with Crippen molar-refractivity contribution in [1.29, 1.82) is 0 Å². The lowest BCUT2D eigenvalue weighted by Gasteiger charge is -2.21. The maximum Gasteiger partial charge on any atom is 0.160 e. The van der Waals surface area contributed by atoms with Crippen LogP contribution in [0.5, 0.6) is 0 Å². The van der Waals surface area contributed by atoms with Gasteiger partial charge < -0.3 is 4.42 Å². The second-order valence-electron chi connectivity index (χ2n) is 13.8. The van der Waals surface area contributed by atoms with Gasteiger partial charge in [0, 0.05) is 32.9 Å². The van der Waals surface area contributed by atoms with Crippen molar-refractivity contribution in [3.05, 3.63) is 169 Å². The fourth-order valence-corrected chi connectivity index (χ4v) is 8.00. The molecule has 50 heavy (non-hydrogen) atoms. The maximum atomic E-state index is 6.27. The lowest BCUT2D eigenvalue weighted by molar-refractivity contribution is 0.660. The summed E-state index contributed by atoms with van der Waals surface area (Å²) in [5, 5.41) is 4.57. The van der Waals surface area contributed by atoms with Crippen LogP contribution in [0.4, 0.5) is 0 Å². The van der Waals surface area contributed by atoms with Gasteiger partial charge in [0.25, 0.3) is 0 Å². The molecule has 3 heteroatoms. The van der Waals surface area contributed by atoms with E-state index in [1.807, 2.05) is 36.4 Å². The normalized spacial score (nSPS) is 13.2. The highest BCUT2D eigenvalue weighted by atomic mass is 16.3. The first kappa shape index (κ1) is 28.7. The van der Waals surface area contributed by atoms with Gasteiger partial charge in [-0.15, -0.1) is 0 Å². The monoisotopic (exact) mass is 640 g/mol. The van der Waals surface area contributed by atoms with Crippen LogP contribution in [0.25, 0.3) is 88.9 Å². The van der Waals surface area contributed by atoms with E-state index in [0.29, 0.717) is 5.82 Å². The Hall–Kier alpha value is -6.32. The molecule has 0 amide bonds. The molecule has 236 valence electrons. The summed E-state index contributed by atoms with van der Waals surface area (Å²) < 4.78 is 6.27. The van der Waals surface area contributed by atoms with E-state index in [0.717, 1.165) is 55.4 Å². The Balaban J connectivity index is 1.15. The maximum absolute atomic E-state index is 6.27. The average molecular weight is 641 g/mol. The second-order valence-corrected chi connectivity index (χ2v) is 13.8. The molecule has 0 N–H and O–H groups in total. The fourth-order valence-electron chi connectivity index (χ4n) is 8.00. The van der Waals surface area contributed by atoms with Crippen molar-refractivity contribution in [2.75, 3.05) is 0 Å². The summed E-state index contributed by atoms with van der Waals surface area (Å²) in [6.07, 6.45) is 0. The molecule has 0 radical (unpaired) electrons. The zero-order valence-electron chi connectivity index (χ0n) is 27.8. The van der Waals surface area contributed by atoms with Gasteiger partial charge in [0.2, 0.25) is 0 Å². The number of fused-ring (bicyclic) bond motifs is 7. The minimum Gasteiger partial charge on any atom is -0.456 e. The molecule has 0 bridgehead atoms. The molecule has 0 fully saturated rings. The Bertz CT molecular complexity index is 2790. The zero-order valence-corrected chi connectivity index (χ0v) is 27.8. The molecule has 0 saturated heterocycles. The summed E-state index contributed by atoms with van der Waals surface area (Å²) in [5.41, 5.74) is 14.3. The molecule has 2 aromatic heterocycles. The van der Waals surface area contributed by atoms with Crippen LogP contribution in [0.1, 0.15) is 25.0 Å². The molecule has 10 rings (SSSR count). The van der Waals surface area contributed by atoms with Crippen LogP contribution in [-0.4, -0.2) is 9.97 Å². The zero-order chi connectivity index (χ0) is 33.4. The van der Waals surface area contributed by atoms with E-state index in [1.54, 1.807) is 0 Å². The topological polar surface area (TPSA) is 38.9 Å². The van der Waals surface area contributed by atoms with E-state index in [4.69, 9.17) is 14.4 Å². The van der Waals surface area contributed by atoms with Crippen molar-refractivity contribution in [3.63, 3.8) is 0 Å². The molecule has 2 heterocycles. The first-order chi connectivity index (χ1) is 24.5. The van der Waals surface area contributed by atoms with Crippen molar-refractivity contribution >= 4 is 32.7 Å². The second kappa shape index (κ2) is 10.8. The summed E-state index contributed by atoms with van der Waals surface area (Å²) in [6, 6.07) is 55.9. The summed E-state index contributed by atoms with van der Waals surface area (Å²) in [6.45, 7) is 4.66. The van der Waals surface area contributed by atoms with E-state index >= 15 is 0 Å². The number of para-hydroxylation sites is 1. The minimum atomic E-state index is -0.0213. The summed E-state index contributed by atoms with van der Waals surface area (Å²) in [5.74, 6) is 0.691. The number of hydrogen-bond donors (Lipinski definition) is 0. The first-order valence-corrected chi connectivity index (χ1v) is 17.2. The molecule has 0 atom stereocenters. The lowest BCUT2D eigenvalue weighted by atomic mass is 9.82. The summed E-state index contributed by atoms with van der Waals surface area (Å²) in [7, 11) is 0. The van der Waals surface area contributed by atoms with Gasteiger partial charge in [-0.1, -0.05) is 141 Å². The van der Waals surface area contributed by atoms with E-state index in [9.17, 15) is 0 Å². The number of hydrogen-bond acceptors (Lipinski definition) is 3. The quantitative estimate of drug-likeness (QED) is 0.192. The Kier molecular flexibility index (Phi) is 6.22. The minimum absolute atomic E-state index is 0.0213. The predicted octanol–water partition coefficient (Wildman–Crippen LogP) is 12.5. The van der Waals surface area contributed by atoms with Crippen LogP contribution >= 0.6 is 0 Å². The van der Waals surface area contributed by atoms with Crippen LogP contribution in [0.3, 0.4) is 0 Å². The van der Waals surface area contributed by atoms with Gasteiger partial charge in [-0.3, -0.25) is 0 Å². The standard InChI is InChI=1S/C47H32N2O/c1-47(2)40-18-10-8-16-35(40)39-26-30(21-25-41(39)47)32-23-24-36(34-15-7-6-14-33(32)34)43-28-42(48-46(49-43)29-12-4-3-5-13-29)31-20-22-38-37-17-9-11-19-44(37)50-45(38)27-31/h3-28H,1-2H3. The molecule has 1 aliphatic rings. The Morgan fingerprint density at radius 2 is 1.04 bits per heavy atom. The van der Waals surface area contributed by atoms with Gasteiger partial charge >= 0.3 is 0 Å². The van der Waals surface area contributed by atoms with E-state index < -0.39 is 0 Å². The molecule has 0 aliphatic heterocycles. The molecule has 7 aromatic carbocycles. The highest BCUT2D eigenvalue weighted by molar-refractivity contribution is 6.07. The summed E-state index contributed by atoms with van der Waals surface area (Å²) in [4.78, 5) is 10.3. The summed E-state index contributed by atoms with van der Waals surface area (Å²) >= 11 is 0. The molecular weight excluding hydrogens is 609 g/mol. The Morgan fingerprint density at radius 1 is 0.400 bits per heavy atom. The van der Waals surface area contributed by atoms with Crippen LogP contribution < -0.4 is 0 Å². The van der Waals surface area contributed by atoms with Crippen molar-refractivity contribution in [2.45, 2.75) is 19.3 Å². The largest absolute Gasteiger partial charge is 0.456 e. The number of benzene rings is 7. The molecule has 0 unspecified atom stereocenters. The van der Waals surface area contributed by atoms with Crippen molar-refractivity contribution in [2.24, 2.45) is 0 Å². The number of aromatic nitrogens is 2. The molecule has 1 aliphatic carbocycles. The van der Waals surface area contributed by atoms with E-state index in [2.05, 4.69) is 135 Å². The number of nitrogens with zero attached hydrogens (tertiary/aromatic N) is 2. The smallest absolute Gasteiger partial charge is 0.160 e. The fraction of sp³-hybridized carbons (Fsp3) is 0.0638. The van der Waals surface area contributed by atoms with Crippen molar-refractivity contribution in [1.82, 2.24) is 9.97 Å². The van der Waals surface area contributed by atoms with Crippen LogP contribution in [0.2, 0.25) is 0 Å². The van der Waals surface area contributed by atoms with E-state index in [-0.39, 0.29) is 5.41 Å². The molecular formula is C47H32N2O. The van der Waals surface area contributed by atoms with Gasteiger partial charge in [-0.2, -0.15) is 0 Å². The van der Waals surface area contributed by atoms with Gasteiger partial charge in [0.05, 0.1) is 11.4 Å². The highest BCUT2D eigenvalue weighted by Crippen LogP contribution is 2.50. The Labute approximate surface area is 290 Å². The molecule has 0 spiro atoms. The molecule has 3 nitrogen and oxygen atoms in total.